The summed E-state index contributed by atoms with van der Waals surface area (Å²) in [4.78, 5) is 0. The monoisotopic (exact) mass is 288 g/mol. The van der Waals surface area contributed by atoms with E-state index in [4.69, 9.17) is 14.6 Å². The molecule has 0 spiro atoms. The van der Waals surface area contributed by atoms with Crippen LogP contribution in [0.1, 0.15) is 45.4 Å². The van der Waals surface area contributed by atoms with Crippen LogP contribution >= 0.6 is 0 Å². The van der Waals surface area contributed by atoms with Crippen molar-refractivity contribution in [3.8, 4) is 0 Å². The summed E-state index contributed by atoms with van der Waals surface area (Å²) in [5, 5.41) is 28.2. The lowest BCUT2D eigenvalue weighted by Crippen LogP contribution is -2.41. The zero-order chi connectivity index (χ0) is 14.8. The number of allylic oxidation sites excluding steroid dienone is 1. The minimum Gasteiger partial charge on any atom is -0.493 e. The Morgan fingerprint density at radius 1 is 1.30 bits per heavy atom. The van der Waals surface area contributed by atoms with E-state index in [1.807, 2.05) is 6.08 Å². The number of hydrogen-bond donors (Lipinski definition) is 3. The van der Waals surface area contributed by atoms with Gasteiger partial charge in [0.2, 0.25) is 0 Å². The molecular weight excluding hydrogens is 260 g/mol. The highest BCUT2D eigenvalue weighted by atomic mass is 16.6. The van der Waals surface area contributed by atoms with Gasteiger partial charge in [0.15, 0.2) is 6.10 Å². The molecule has 1 fully saturated rings. The van der Waals surface area contributed by atoms with Gasteiger partial charge in [-0.25, -0.2) is 0 Å². The first-order chi connectivity index (χ1) is 9.70. The summed E-state index contributed by atoms with van der Waals surface area (Å²) in [6.07, 6.45) is 7.50. The molecule has 0 aromatic heterocycles. The van der Waals surface area contributed by atoms with E-state index in [1.165, 1.54) is 25.7 Å². The second-order valence-corrected chi connectivity index (χ2v) is 5.29. The molecule has 0 aromatic rings. The summed E-state index contributed by atoms with van der Waals surface area (Å²) in [5.41, 5.74) is 0. The molecule has 1 rings (SSSR count). The van der Waals surface area contributed by atoms with Crippen molar-refractivity contribution in [2.24, 2.45) is 0 Å². The van der Waals surface area contributed by atoms with Crippen molar-refractivity contribution in [3.63, 3.8) is 0 Å². The minimum absolute atomic E-state index is 0.122. The predicted molar refractivity (Wildman–Crippen MR) is 76.2 cm³/mol. The number of aliphatic hydroxyl groups excluding tert-OH is 3. The van der Waals surface area contributed by atoms with Crippen LogP contribution in [-0.2, 0) is 9.47 Å². The standard InChI is InChI=1S/C15H28O5/c1-2-3-4-5-6-7-8-9-19-15-13(18)11-20-14(15)12(17)10-16/h8-9,12-18H,2-7,10-11H2,1H3/b9-8+/t12-,13+,14-,15-/m1/s1. The second-order valence-electron chi connectivity index (χ2n) is 5.29. The summed E-state index contributed by atoms with van der Waals surface area (Å²) >= 11 is 0. The van der Waals surface area contributed by atoms with E-state index >= 15 is 0 Å². The Morgan fingerprint density at radius 3 is 2.75 bits per heavy atom. The van der Waals surface area contributed by atoms with Crippen LogP contribution in [0.3, 0.4) is 0 Å². The maximum absolute atomic E-state index is 9.73. The Morgan fingerprint density at radius 2 is 2.05 bits per heavy atom. The fraction of sp³-hybridized carbons (Fsp3) is 0.867. The first-order valence-corrected chi connectivity index (χ1v) is 7.59. The summed E-state index contributed by atoms with van der Waals surface area (Å²) in [5.74, 6) is 0. The van der Waals surface area contributed by atoms with Gasteiger partial charge in [-0.15, -0.1) is 0 Å². The third-order valence-electron chi connectivity index (χ3n) is 3.54. The Hall–Kier alpha value is -0.620. The van der Waals surface area contributed by atoms with Crippen LogP contribution in [0.5, 0.6) is 0 Å². The molecule has 1 heterocycles. The first kappa shape index (κ1) is 17.4. The Labute approximate surface area is 121 Å². The summed E-state index contributed by atoms with van der Waals surface area (Å²) < 4.78 is 10.7. The molecule has 0 radical (unpaired) electrons. The summed E-state index contributed by atoms with van der Waals surface area (Å²) in [7, 11) is 0. The molecule has 118 valence electrons. The predicted octanol–water partition coefficient (Wildman–Crippen LogP) is 1.36. The maximum Gasteiger partial charge on any atom is 0.154 e. The lowest BCUT2D eigenvalue weighted by atomic mass is 10.1. The smallest absolute Gasteiger partial charge is 0.154 e. The van der Waals surface area contributed by atoms with E-state index in [0.717, 1.165) is 12.8 Å². The molecule has 5 heteroatoms. The number of unbranched alkanes of at least 4 members (excludes halogenated alkanes) is 5. The van der Waals surface area contributed by atoms with Gasteiger partial charge in [-0.3, -0.25) is 0 Å². The average molecular weight is 288 g/mol. The largest absolute Gasteiger partial charge is 0.493 e. The average Bonchev–Trinajstić information content (AvgIpc) is 2.82. The molecule has 4 atom stereocenters. The normalized spacial score (nSPS) is 28.1. The van der Waals surface area contributed by atoms with Crippen LogP contribution < -0.4 is 0 Å². The van der Waals surface area contributed by atoms with Gasteiger partial charge >= 0.3 is 0 Å². The Kier molecular flexibility index (Phi) is 8.85. The maximum atomic E-state index is 9.73. The van der Waals surface area contributed by atoms with Gasteiger partial charge in [-0.05, 0) is 18.9 Å². The number of hydrogen-bond acceptors (Lipinski definition) is 5. The zero-order valence-corrected chi connectivity index (χ0v) is 12.3. The van der Waals surface area contributed by atoms with Crippen molar-refractivity contribution in [1.29, 1.82) is 0 Å². The molecule has 0 amide bonds. The van der Waals surface area contributed by atoms with Crippen LogP contribution in [0.15, 0.2) is 12.3 Å². The second kappa shape index (κ2) is 10.2. The van der Waals surface area contributed by atoms with Gasteiger partial charge in [0.05, 0.1) is 19.5 Å². The highest BCUT2D eigenvalue weighted by Crippen LogP contribution is 2.21. The van der Waals surface area contributed by atoms with E-state index in [1.54, 1.807) is 6.26 Å². The van der Waals surface area contributed by atoms with Crippen molar-refractivity contribution < 1.29 is 24.8 Å². The van der Waals surface area contributed by atoms with E-state index in [0.29, 0.717) is 0 Å². The van der Waals surface area contributed by atoms with Crippen molar-refractivity contribution in [2.75, 3.05) is 13.2 Å². The lowest BCUT2D eigenvalue weighted by Gasteiger charge is -2.22. The molecule has 3 N–H and O–H groups in total. The van der Waals surface area contributed by atoms with Gasteiger partial charge in [-0.2, -0.15) is 0 Å². The molecule has 20 heavy (non-hydrogen) atoms. The molecule has 1 saturated heterocycles. The summed E-state index contributed by atoms with van der Waals surface area (Å²) in [6.45, 7) is 1.91. The van der Waals surface area contributed by atoms with Gasteiger partial charge in [-0.1, -0.05) is 32.6 Å². The van der Waals surface area contributed by atoms with Crippen molar-refractivity contribution in [1.82, 2.24) is 0 Å². The lowest BCUT2D eigenvalue weighted by molar-refractivity contribution is -0.0721. The number of ether oxygens (including phenoxy) is 2. The van der Waals surface area contributed by atoms with Crippen LogP contribution in [0.2, 0.25) is 0 Å². The molecule has 0 aliphatic carbocycles. The quantitative estimate of drug-likeness (QED) is 0.418. The number of rotatable bonds is 10. The molecule has 0 saturated carbocycles. The van der Waals surface area contributed by atoms with Gasteiger partial charge in [0.25, 0.3) is 0 Å². The van der Waals surface area contributed by atoms with Crippen molar-refractivity contribution in [3.05, 3.63) is 12.3 Å². The molecule has 1 aliphatic rings. The highest BCUT2D eigenvalue weighted by molar-refractivity contribution is 4.91. The van der Waals surface area contributed by atoms with Crippen molar-refractivity contribution in [2.45, 2.75) is 69.9 Å². The van der Waals surface area contributed by atoms with Crippen LogP contribution in [0, 0.1) is 0 Å². The molecule has 0 aromatic carbocycles. The van der Waals surface area contributed by atoms with Crippen LogP contribution in [0.4, 0.5) is 0 Å². The van der Waals surface area contributed by atoms with Crippen LogP contribution in [0.25, 0.3) is 0 Å². The number of aliphatic hydroxyl groups is 3. The topological polar surface area (TPSA) is 79.2 Å². The molecule has 1 aliphatic heterocycles. The van der Waals surface area contributed by atoms with E-state index in [-0.39, 0.29) is 6.61 Å². The highest BCUT2D eigenvalue weighted by Gasteiger charge is 2.41. The third kappa shape index (κ3) is 5.79. The molecule has 0 unspecified atom stereocenters. The van der Waals surface area contributed by atoms with Gasteiger partial charge in [0.1, 0.15) is 18.3 Å². The van der Waals surface area contributed by atoms with Crippen LogP contribution in [-0.4, -0.2) is 52.9 Å². The van der Waals surface area contributed by atoms with E-state index < -0.39 is 31.0 Å². The SMILES string of the molecule is CCCCCCC/C=C/O[C@H]1[C@@H]([C@H](O)CO)OC[C@@H]1O. The first-order valence-electron chi connectivity index (χ1n) is 7.59. The van der Waals surface area contributed by atoms with Gasteiger partial charge in [0, 0.05) is 0 Å². The van der Waals surface area contributed by atoms with E-state index in [2.05, 4.69) is 6.92 Å². The van der Waals surface area contributed by atoms with E-state index in [9.17, 15) is 10.2 Å². The molecular formula is C15H28O5. The minimum atomic E-state index is -1.03. The van der Waals surface area contributed by atoms with Gasteiger partial charge < -0.3 is 24.8 Å². The fourth-order valence-electron chi connectivity index (χ4n) is 2.30. The molecule has 5 nitrogen and oxygen atoms in total. The fourth-order valence-corrected chi connectivity index (χ4v) is 2.30. The Balaban J connectivity index is 2.21. The van der Waals surface area contributed by atoms with Crippen molar-refractivity contribution >= 4 is 0 Å². The third-order valence-corrected chi connectivity index (χ3v) is 3.54. The zero-order valence-electron chi connectivity index (χ0n) is 12.3. The molecule has 0 bridgehead atoms. The summed E-state index contributed by atoms with van der Waals surface area (Å²) in [6, 6.07) is 0. The Bertz CT molecular complexity index is 269.